The smallest absolute Gasteiger partial charge is 0.258 e. The average molecular weight is 642 g/mol. The number of phenols is 1. The maximum absolute atomic E-state index is 14.4. The van der Waals surface area contributed by atoms with Gasteiger partial charge >= 0.3 is 0 Å². The minimum atomic E-state index is -2.08. The second-order valence-corrected chi connectivity index (χ2v) is 13.8. The number of benzene rings is 2. The number of aromatic hydroxyl groups is 1. The number of halogens is 3. The lowest BCUT2D eigenvalue weighted by atomic mass is 9.56. The highest BCUT2D eigenvalue weighted by Crippen LogP contribution is 2.66. The summed E-state index contributed by atoms with van der Waals surface area (Å²) in [7, 11) is 1.41. The summed E-state index contributed by atoms with van der Waals surface area (Å²) in [5.74, 6) is -5.55. The van der Waals surface area contributed by atoms with Crippen molar-refractivity contribution >= 4 is 52.5 Å². The molecule has 0 bridgehead atoms. The molecule has 44 heavy (non-hydrogen) atoms. The molecule has 5 aliphatic rings. The number of allylic oxidation sites excluding steroid dienone is 2. The minimum absolute atomic E-state index is 0.0853. The minimum Gasteiger partial charge on any atom is -0.508 e. The Balaban J connectivity index is 1.40. The number of imide groups is 2. The topological polar surface area (TPSA) is 104 Å². The van der Waals surface area contributed by atoms with Crippen LogP contribution in [0.4, 0.5) is 10.1 Å². The molecular weight excluding hydrogens is 610 g/mol. The van der Waals surface area contributed by atoms with E-state index < -0.39 is 51.1 Å². The summed E-state index contributed by atoms with van der Waals surface area (Å²) in [4.78, 5) is 55.0. The second-order valence-electron chi connectivity index (χ2n) is 12.5. The number of amides is 4. The summed E-state index contributed by atoms with van der Waals surface area (Å²) in [5, 5.41) is 10.2. The predicted molar refractivity (Wildman–Crippen MR) is 160 cm³/mol. The van der Waals surface area contributed by atoms with Gasteiger partial charge in [0.05, 0.1) is 24.6 Å². The lowest BCUT2D eigenvalue weighted by Gasteiger charge is -2.51. The molecular formula is C33H31Cl2FN2O6. The molecule has 6 atom stereocenters. The molecule has 11 heteroatoms. The Morgan fingerprint density at radius 1 is 0.932 bits per heavy atom. The van der Waals surface area contributed by atoms with Gasteiger partial charge in [0.15, 0.2) is 9.75 Å². The highest BCUT2D eigenvalue weighted by molar-refractivity contribution is 6.58. The van der Waals surface area contributed by atoms with E-state index in [1.807, 2.05) is 6.08 Å². The van der Waals surface area contributed by atoms with Crippen LogP contribution in [-0.4, -0.2) is 56.5 Å². The SMILES string of the molecule is COc1cc(O)ccc1C1C2=CCC3C(=O)N(C4CCCCC4)C(=O)C3C2CC2(Cl)C(=O)N(c3ccc(F)cc3)C(=O)C12Cl. The number of rotatable bonds is 4. The number of nitrogens with zero attached hydrogens (tertiary/aromatic N) is 2. The van der Waals surface area contributed by atoms with Crippen molar-refractivity contribution in [3.63, 3.8) is 0 Å². The molecule has 8 nitrogen and oxygen atoms in total. The summed E-state index contributed by atoms with van der Waals surface area (Å²) in [5.41, 5.74) is 1.15. The van der Waals surface area contributed by atoms with E-state index in [0.717, 1.165) is 49.1 Å². The van der Waals surface area contributed by atoms with Crippen molar-refractivity contribution in [1.82, 2.24) is 4.90 Å². The Morgan fingerprint density at radius 3 is 2.32 bits per heavy atom. The van der Waals surface area contributed by atoms with Crippen LogP contribution in [0.5, 0.6) is 11.5 Å². The molecule has 2 aliphatic heterocycles. The summed E-state index contributed by atoms with van der Waals surface area (Å²) in [6.07, 6.45) is 6.48. The zero-order chi connectivity index (χ0) is 31.1. The molecule has 3 aliphatic carbocycles. The zero-order valence-corrected chi connectivity index (χ0v) is 25.5. The van der Waals surface area contributed by atoms with Crippen LogP contribution in [0.25, 0.3) is 0 Å². The second kappa shape index (κ2) is 10.3. The lowest BCUT2D eigenvalue weighted by Crippen LogP contribution is -2.60. The van der Waals surface area contributed by atoms with Gasteiger partial charge in [-0.15, -0.1) is 23.2 Å². The first kappa shape index (κ1) is 29.3. The van der Waals surface area contributed by atoms with Crippen LogP contribution in [-0.2, 0) is 19.2 Å². The normalized spacial score (nSPS) is 33.7. The van der Waals surface area contributed by atoms with Crippen molar-refractivity contribution < 1.29 is 33.4 Å². The number of fused-ring (bicyclic) bond motifs is 4. The first-order chi connectivity index (χ1) is 21.0. The van der Waals surface area contributed by atoms with E-state index in [4.69, 9.17) is 27.9 Å². The number of carbonyl (C=O) groups is 4. The number of hydrogen-bond donors (Lipinski definition) is 1. The first-order valence-electron chi connectivity index (χ1n) is 15.0. The first-order valence-corrected chi connectivity index (χ1v) is 15.7. The van der Waals surface area contributed by atoms with E-state index >= 15 is 0 Å². The third kappa shape index (κ3) is 3.87. The van der Waals surface area contributed by atoms with Crippen LogP contribution in [0, 0.1) is 23.6 Å². The van der Waals surface area contributed by atoms with Gasteiger partial charge in [0.2, 0.25) is 11.8 Å². The quantitative estimate of drug-likeness (QED) is 0.271. The highest BCUT2D eigenvalue weighted by Gasteiger charge is 2.77. The molecule has 0 radical (unpaired) electrons. The molecule has 2 aromatic carbocycles. The Labute approximate surface area is 263 Å². The van der Waals surface area contributed by atoms with Gasteiger partial charge in [0, 0.05) is 23.6 Å². The number of alkyl halides is 2. The molecule has 0 aromatic heterocycles. The van der Waals surface area contributed by atoms with E-state index in [2.05, 4.69) is 0 Å². The van der Waals surface area contributed by atoms with Gasteiger partial charge in [0.25, 0.3) is 11.8 Å². The molecule has 2 heterocycles. The maximum Gasteiger partial charge on any atom is 0.258 e. The molecule has 230 valence electrons. The molecule has 1 N–H and O–H groups in total. The molecule has 7 rings (SSSR count). The predicted octanol–water partition coefficient (Wildman–Crippen LogP) is 5.44. The fraction of sp³-hybridized carbons (Fsp3) is 0.455. The van der Waals surface area contributed by atoms with E-state index in [1.54, 1.807) is 6.07 Å². The van der Waals surface area contributed by atoms with Crippen LogP contribution in [0.15, 0.2) is 54.1 Å². The van der Waals surface area contributed by atoms with Gasteiger partial charge in [-0.2, -0.15) is 0 Å². The van der Waals surface area contributed by atoms with Gasteiger partial charge in [-0.25, -0.2) is 9.29 Å². The van der Waals surface area contributed by atoms with Crippen molar-refractivity contribution in [2.45, 2.75) is 66.7 Å². The molecule has 6 unspecified atom stereocenters. The standard InChI is InChI=1S/C33H31Cl2FN2O6/c1-44-25-15-20(39)11-12-22(25)27-21-13-14-23-26(29(41)37(28(23)40)18-5-3-2-4-6-18)24(21)16-32(34)30(42)38(31(43)33(27,32)35)19-9-7-17(36)8-10-19/h7-13,15,18,23-24,26-27,39H,2-6,14,16H2,1H3. The maximum atomic E-state index is 14.4. The number of phenolic OH excluding ortho intramolecular Hbond substituents is 1. The lowest BCUT2D eigenvalue weighted by molar-refractivity contribution is -0.143. The van der Waals surface area contributed by atoms with Gasteiger partial charge < -0.3 is 9.84 Å². The average Bonchev–Trinajstić information content (AvgIpc) is 3.36. The van der Waals surface area contributed by atoms with Gasteiger partial charge in [-0.05, 0) is 61.9 Å². The number of hydrogen-bond acceptors (Lipinski definition) is 6. The van der Waals surface area contributed by atoms with E-state index in [1.165, 1.54) is 36.3 Å². The Hall–Kier alpha value is -3.43. The summed E-state index contributed by atoms with van der Waals surface area (Å²) in [6.45, 7) is 0. The summed E-state index contributed by atoms with van der Waals surface area (Å²) in [6, 6.07) is 9.11. The molecule has 2 saturated heterocycles. The van der Waals surface area contributed by atoms with E-state index in [-0.39, 0.29) is 47.9 Å². The number of methoxy groups -OCH3 is 1. The van der Waals surface area contributed by atoms with Gasteiger partial charge in [-0.3, -0.25) is 24.1 Å². The third-order valence-corrected chi connectivity index (χ3v) is 11.8. The van der Waals surface area contributed by atoms with Gasteiger partial charge in [-0.1, -0.05) is 37.0 Å². The molecule has 2 aromatic rings. The Kier molecular flexibility index (Phi) is 6.86. The monoisotopic (exact) mass is 640 g/mol. The largest absolute Gasteiger partial charge is 0.508 e. The Morgan fingerprint density at radius 2 is 1.64 bits per heavy atom. The van der Waals surface area contributed by atoms with Crippen LogP contribution in [0.3, 0.4) is 0 Å². The Bertz CT molecular complexity index is 1620. The fourth-order valence-corrected chi connectivity index (χ4v) is 9.33. The highest BCUT2D eigenvalue weighted by atomic mass is 35.5. The molecule has 4 amide bonds. The number of likely N-dealkylation sites (tertiary alicyclic amines) is 1. The number of ether oxygens (including phenoxy) is 1. The zero-order valence-electron chi connectivity index (χ0n) is 24.0. The number of anilines is 1. The van der Waals surface area contributed by atoms with Crippen LogP contribution in [0.2, 0.25) is 0 Å². The fourth-order valence-electron chi connectivity index (χ4n) is 8.41. The van der Waals surface area contributed by atoms with E-state index in [0.29, 0.717) is 11.1 Å². The van der Waals surface area contributed by atoms with Crippen molar-refractivity contribution in [3.05, 3.63) is 65.5 Å². The third-order valence-electron chi connectivity index (χ3n) is 10.4. The van der Waals surface area contributed by atoms with Crippen LogP contribution < -0.4 is 9.64 Å². The van der Waals surface area contributed by atoms with Crippen molar-refractivity contribution in [2.75, 3.05) is 12.0 Å². The molecule has 4 fully saturated rings. The summed E-state index contributed by atoms with van der Waals surface area (Å²) < 4.78 is 19.5. The van der Waals surface area contributed by atoms with Crippen molar-refractivity contribution in [1.29, 1.82) is 0 Å². The molecule has 0 spiro atoms. The summed E-state index contributed by atoms with van der Waals surface area (Å²) >= 11 is 14.8. The van der Waals surface area contributed by atoms with Crippen LogP contribution >= 0.6 is 23.2 Å². The van der Waals surface area contributed by atoms with Gasteiger partial charge in [0.1, 0.15) is 17.3 Å². The van der Waals surface area contributed by atoms with Crippen molar-refractivity contribution in [2.24, 2.45) is 17.8 Å². The van der Waals surface area contributed by atoms with E-state index in [9.17, 15) is 28.7 Å². The van der Waals surface area contributed by atoms with Crippen molar-refractivity contribution in [3.8, 4) is 11.5 Å². The molecule has 2 saturated carbocycles. The van der Waals surface area contributed by atoms with Crippen LogP contribution in [0.1, 0.15) is 56.4 Å². The number of carbonyl (C=O) groups excluding carboxylic acids is 4.